The van der Waals surface area contributed by atoms with E-state index in [1.807, 2.05) is 0 Å². The molecule has 2 rings (SSSR count). The fourth-order valence-corrected chi connectivity index (χ4v) is 1.96. The van der Waals surface area contributed by atoms with Crippen molar-refractivity contribution >= 4 is 26.6 Å². The first-order valence-corrected chi connectivity index (χ1v) is 5.60. The van der Waals surface area contributed by atoms with Gasteiger partial charge in [0.1, 0.15) is 0 Å². The van der Waals surface area contributed by atoms with Crippen LogP contribution in [0, 0.1) is 0 Å². The van der Waals surface area contributed by atoms with Gasteiger partial charge in [-0.05, 0) is 11.6 Å². The summed E-state index contributed by atoms with van der Waals surface area (Å²) in [5.41, 5.74) is 1.07. The first-order chi connectivity index (χ1) is 6.98. The molecule has 0 atom stereocenters. The molecule has 1 heterocycles. The molecule has 0 aliphatic carbocycles. The van der Waals surface area contributed by atoms with Crippen molar-refractivity contribution in [2.75, 3.05) is 0 Å². The van der Waals surface area contributed by atoms with Crippen molar-refractivity contribution in [1.82, 2.24) is 0 Å². The first-order valence-electron chi connectivity index (χ1n) is 4.16. The maximum absolute atomic E-state index is 11.3. The molecule has 1 aromatic carbocycles. The molecule has 0 unspecified atom stereocenters. The number of carbonyl (C=O) groups is 1. The van der Waals surface area contributed by atoms with Crippen molar-refractivity contribution in [3.8, 4) is 0 Å². The number of fused-ring (bicyclic) bond motifs is 1. The summed E-state index contributed by atoms with van der Waals surface area (Å²) in [6.45, 7) is 0. The zero-order valence-corrected chi connectivity index (χ0v) is 8.36. The second-order valence-corrected chi connectivity index (χ2v) is 4.46. The lowest BCUT2D eigenvalue weighted by Gasteiger charge is -2.11. The summed E-state index contributed by atoms with van der Waals surface area (Å²) in [6.07, 6.45) is -0.0468. The van der Waals surface area contributed by atoms with E-state index < -0.39 is 20.9 Å². The fourth-order valence-electron chi connectivity index (χ4n) is 1.39. The summed E-state index contributed by atoms with van der Waals surface area (Å²) in [4.78, 5) is 15.0. The van der Waals surface area contributed by atoms with Gasteiger partial charge in [0.25, 0.3) is 0 Å². The van der Waals surface area contributed by atoms with Crippen LogP contribution in [-0.4, -0.2) is 23.8 Å². The second kappa shape index (κ2) is 3.25. The van der Waals surface area contributed by atoms with Crippen molar-refractivity contribution in [3.05, 3.63) is 29.8 Å². The van der Waals surface area contributed by atoms with Crippen LogP contribution in [0.15, 0.2) is 29.3 Å². The van der Waals surface area contributed by atoms with Gasteiger partial charge in [0.15, 0.2) is 5.78 Å². The third kappa shape index (κ3) is 1.81. The number of aliphatic imine (C=N–C) groups is 1. The highest BCUT2D eigenvalue weighted by atomic mass is 32.2. The predicted octanol–water partition coefficient (Wildman–Crippen LogP) is 0.730. The molecule has 0 bridgehead atoms. The SMILES string of the molecule is O=C1Cc2ccccc2N=C1S(=O)(=O)O. The first kappa shape index (κ1) is 10.0. The maximum atomic E-state index is 11.3. The lowest BCUT2D eigenvalue weighted by molar-refractivity contribution is -0.112. The molecule has 0 aromatic heterocycles. The largest absolute Gasteiger partial charge is 0.315 e. The molecule has 0 saturated carbocycles. The predicted molar refractivity (Wildman–Crippen MR) is 53.8 cm³/mol. The summed E-state index contributed by atoms with van der Waals surface area (Å²) < 4.78 is 30.4. The van der Waals surface area contributed by atoms with Crippen LogP contribution in [0.4, 0.5) is 5.69 Å². The highest BCUT2D eigenvalue weighted by Crippen LogP contribution is 2.24. The minimum absolute atomic E-state index is 0.0468. The minimum atomic E-state index is -4.52. The van der Waals surface area contributed by atoms with Crippen LogP contribution in [-0.2, 0) is 21.3 Å². The van der Waals surface area contributed by atoms with E-state index in [0.29, 0.717) is 11.3 Å². The number of Topliss-reactive ketones (excluding diaryl/α,β-unsaturated/α-hetero) is 1. The molecule has 15 heavy (non-hydrogen) atoms. The van der Waals surface area contributed by atoms with Gasteiger partial charge in [-0.15, -0.1) is 0 Å². The maximum Gasteiger partial charge on any atom is 0.315 e. The molecule has 0 saturated heterocycles. The van der Waals surface area contributed by atoms with Crippen molar-refractivity contribution in [2.45, 2.75) is 6.42 Å². The number of nitrogens with zero attached hydrogens (tertiary/aromatic N) is 1. The number of para-hydroxylation sites is 1. The Morgan fingerprint density at radius 3 is 2.60 bits per heavy atom. The van der Waals surface area contributed by atoms with E-state index in [1.165, 1.54) is 0 Å². The molecule has 1 N–H and O–H groups in total. The Labute approximate surface area is 86.2 Å². The molecular weight excluding hydrogens is 218 g/mol. The van der Waals surface area contributed by atoms with Gasteiger partial charge in [-0.25, -0.2) is 4.99 Å². The molecule has 0 radical (unpaired) electrons. The van der Waals surface area contributed by atoms with E-state index in [0.717, 1.165) is 0 Å². The number of ketones is 1. The average Bonchev–Trinajstić information content (AvgIpc) is 2.15. The van der Waals surface area contributed by atoms with Gasteiger partial charge in [-0.1, -0.05) is 18.2 Å². The minimum Gasteiger partial charge on any atom is -0.291 e. The zero-order valence-electron chi connectivity index (χ0n) is 7.54. The Bertz CT molecular complexity index is 559. The van der Waals surface area contributed by atoms with Gasteiger partial charge in [0, 0.05) is 6.42 Å². The van der Waals surface area contributed by atoms with Crippen LogP contribution in [0.1, 0.15) is 5.56 Å². The number of benzene rings is 1. The summed E-state index contributed by atoms with van der Waals surface area (Å²) in [5, 5.41) is -0.777. The van der Waals surface area contributed by atoms with E-state index in [1.54, 1.807) is 24.3 Å². The van der Waals surface area contributed by atoms with E-state index in [-0.39, 0.29) is 6.42 Å². The molecule has 6 heteroatoms. The smallest absolute Gasteiger partial charge is 0.291 e. The number of rotatable bonds is 0. The molecule has 1 aliphatic rings. The van der Waals surface area contributed by atoms with Crippen LogP contribution in [0.5, 0.6) is 0 Å². The van der Waals surface area contributed by atoms with Gasteiger partial charge in [0.2, 0.25) is 5.04 Å². The summed E-state index contributed by atoms with van der Waals surface area (Å²) in [5.74, 6) is -0.684. The summed E-state index contributed by atoms with van der Waals surface area (Å²) >= 11 is 0. The topological polar surface area (TPSA) is 83.8 Å². The van der Waals surface area contributed by atoms with Gasteiger partial charge in [0.05, 0.1) is 5.69 Å². The lowest BCUT2D eigenvalue weighted by Crippen LogP contribution is -2.27. The molecule has 0 spiro atoms. The molecule has 78 valence electrons. The second-order valence-electron chi connectivity index (χ2n) is 3.12. The molecule has 1 aliphatic heterocycles. The Morgan fingerprint density at radius 2 is 1.93 bits per heavy atom. The van der Waals surface area contributed by atoms with E-state index in [9.17, 15) is 13.2 Å². The van der Waals surface area contributed by atoms with Crippen molar-refractivity contribution < 1.29 is 17.8 Å². The molecule has 0 fully saturated rings. The Morgan fingerprint density at radius 1 is 1.27 bits per heavy atom. The van der Waals surface area contributed by atoms with Crippen LogP contribution in [0.3, 0.4) is 0 Å². The normalized spacial score (nSPS) is 15.8. The number of hydrogen-bond acceptors (Lipinski definition) is 4. The van der Waals surface area contributed by atoms with Crippen molar-refractivity contribution in [2.24, 2.45) is 4.99 Å². The van der Waals surface area contributed by atoms with Crippen molar-refractivity contribution in [1.29, 1.82) is 0 Å². The van der Waals surface area contributed by atoms with Crippen molar-refractivity contribution in [3.63, 3.8) is 0 Å². The number of hydrogen-bond donors (Lipinski definition) is 1. The van der Waals surface area contributed by atoms with E-state index >= 15 is 0 Å². The van der Waals surface area contributed by atoms with Gasteiger partial charge in [-0.2, -0.15) is 8.42 Å². The summed E-state index contributed by atoms with van der Waals surface area (Å²) in [7, 11) is -4.52. The Hall–Kier alpha value is -1.53. The standard InChI is InChI=1S/C9H7NO4S/c11-8-5-6-3-1-2-4-7(6)10-9(8)15(12,13)14/h1-4H,5H2,(H,12,13,14). The van der Waals surface area contributed by atoms with E-state index in [4.69, 9.17) is 4.55 Å². The van der Waals surface area contributed by atoms with Gasteiger partial charge < -0.3 is 0 Å². The third-order valence-corrected chi connectivity index (χ3v) is 2.86. The average molecular weight is 225 g/mol. The van der Waals surface area contributed by atoms with Crippen LogP contribution >= 0.6 is 0 Å². The molecule has 1 aromatic rings. The molecule has 0 amide bonds. The monoisotopic (exact) mass is 225 g/mol. The highest BCUT2D eigenvalue weighted by Gasteiger charge is 2.29. The molecular formula is C9H7NO4S. The zero-order chi connectivity index (χ0) is 11.1. The van der Waals surface area contributed by atoms with Crippen LogP contribution in [0.2, 0.25) is 0 Å². The van der Waals surface area contributed by atoms with Gasteiger partial charge in [-0.3, -0.25) is 9.35 Å². The third-order valence-electron chi connectivity index (χ3n) is 2.05. The quantitative estimate of drug-likeness (QED) is 0.659. The Kier molecular flexibility index (Phi) is 2.17. The van der Waals surface area contributed by atoms with E-state index in [2.05, 4.69) is 4.99 Å². The lowest BCUT2D eigenvalue weighted by atomic mass is 10.1. The number of carbonyl (C=O) groups excluding carboxylic acids is 1. The van der Waals surface area contributed by atoms with Crippen LogP contribution in [0.25, 0.3) is 0 Å². The Balaban J connectivity index is 2.63. The van der Waals surface area contributed by atoms with Gasteiger partial charge >= 0.3 is 10.1 Å². The fraction of sp³-hybridized carbons (Fsp3) is 0.111. The van der Waals surface area contributed by atoms with Crippen LogP contribution < -0.4 is 0 Å². The highest BCUT2D eigenvalue weighted by molar-refractivity contribution is 8.03. The summed E-state index contributed by atoms with van der Waals surface area (Å²) in [6, 6.07) is 6.70. The molecule has 5 nitrogen and oxygen atoms in total.